The molecule has 3 heteroatoms. The van der Waals surface area contributed by atoms with Gasteiger partial charge in [0.15, 0.2) is 0 Å². The summed E-state index contributed by atoms with van der Waals surface area (Å²) in [7, 11) is 0.939. The van der Waals surface area contributed by atoms with Gasteiger partial charge in [-0.05, 0) is 67.3 Å². The van der Waals surface area contributed by atoms with Crippen molar-refractivity contribution in [1.82, 2.24) is 0 Å². The summed E-state index contributed by atoms with van der Waals surface area (Å²) in [6.07, 6.45) is 2.13. The van der Waals surface area contributed by atoms with E-state index in [4.69, 9.17) is 0 Å². The Labute approximate surface area is 151 Å². The first-order valence-electron chi connectivity index (χ1n) is 7.82. The number of benzene rings is 1. The molecule has 1 unspecified atom stereocenters. The molecule has 118 valence electrons. The predicted octanol–water partition coefficient (Wildman–Crippen LogP) is 3.08. The average molecular weight is 312 g/mol. The van der Waals surface area contributed by atoms with Crippen LogP contribution in [0.15, 0.2) is 6.07 Å². The number of hydrogen-bond donors (Lipinski definition) is 0. The molecule has 0 spiro atoms. The molecule has 0 saturated heterocycles. The minimum Gasteiger partial charge on any atom is -0.459 e. The van der Waals surface area contributed by atoms with Crippen LogP contribution in [0.2, 0.25) is 0 Å². The number of hydrogen-bond acceptors (Lipinski definition) is 1. The van der Waals surface area contributed by atoms with E-state index < -0.39 is 0 Å². The third-order valence-electron chi connectivity index (χ3n) is 4.08. The van der Waals surface area contributed by atoms with E-state index in [9.17, 15) is 4.79 Å². The van der Waals surface area contributed by atoms with Crippen LogP contribution in [0.3, 0.4) is 0 Å². The average Bonchev–Trinajstić information content (AvgIpc) is 2.31. The number of rotatable bonds is 5. The molecule has 0 radical (unpaired) electrons. The Hall–Kier alpha value is -0.0826. The van der Waals surface area contributed by atoms with Crippen LogP contribution in [0.1, 0.15) is 66.7 Å². The first-order valence-corrected chi connectivity index (χ1v) is 8.90. The van der Waals surface area contributed by atoms with E-state index in [-0.39, 0.29) is 24.4 Å². The van der Waals surface area contributed by atoms with Gasteiger partial charge in [-0.15, -0.1) is 0 Å². The summed E-state index contributed by atoms with van der Waals surface area (Å²) in [4.78, 5) is 12.6. The zero-order valence-electron chi connectivity index (χ0n) is 15.9. The smallest absolute Gasteiger partial charge is 0.459 e. The second-order valence-corrected chi connectivity index (χ2v) is 8.74. The van der Waals surface area contributed by atoms with Crippen LogP contribution < -0.4 is 18.9 Å². The van der Waals surface area contributed by atoms with Gasteiger partial charge in [0.25, 0.3) is 0 Å². The topological polar surface area (TPSA) is 17.1 Å². The van der Waals surface area contributed by atoms with Crippen molar-refractivity contribution in [3.05, 3.63) is 33.9 Å². The summed E-state index contributed by atoms with van der Waals surface area (Å²) >= 11 is 0. The standard InChI is InChI=1S/C19H30OP.Li/c1-12(10-19(6,7)8)11-21-18(20)17-14(3)9-13(2)15(4)16(17)5;/h9,12H,10-11H2,1-8H3;/q-1;+1. The molecule has 1 rings (SSSR count). The van der Waals surface area contributed by atoms with E-state index >= 15 is 0 Å². The normalized spacial score (nSPS) is 13.3. The van der Waals surface area contributed by atoms with Crippen LogP contribution in [0, 0.1) is 39.0 Å². The van der Waals surface area contributed by atoms with Gasteiger partial charge in [0, 0.05) is 5.52 Å². The van der Waals surface area contributed by atoms with Crippen LogP contribution >= 0.6 is 8.58 Å². The summed E-state index contributed by atoms with van der Waals surface area (Å²) < 4.78 is 0. The molecule has 1 aromatic carbocycles. The molecule has 0 aromatic heterocycles. The quantitative estimate of drug-likeness (QED) is 0.603. The molecule has 0 amide bonds. The molecule has 0 fully saturated rings. The maximum Gasteiger partial charge on any atom is 1.00 e. The Morgan fingerprint density at radius 1 is 1.09 bits per heavy atom. The molecule has 0 aliphatic carbocycles. The molecule has 1 atom stereocenters. The van der Waals surface area contributed by atoms with Crippen molar-refractivity contribution in [2.24, 2.45) is 11.3 Å². The van der Waals surface area contributed by atoms with Gasteiger partial charge in [0.1, 0.15) is 0 Å². The van der Waals surface area contributed by atoms with E-state index in [1.165, 1.54) is 11.1 Å². The monoisotopic (exact) mass is 312 g/mol. The predicted molar refractivity (Wildman–Crippen MR) is 94.7 cm³/mol. The maximum absolute atomic E-state index is 12.6. The van der Waals surface area contributed by atoms with Crippen molar-refractivity contribution in [3.8, 4) is 0 Å². The molecule has 22 heavy (non-hydrogen) atoms. The molecule has 0 saturated carbocycles. The van der Waals surface area contributed by atoms with E-state index in [0.29, 0.717) is 11.3 Å². The molecule has 0 N–H and O–H groups in total. The molecule has 0 heterocycles. The molecular weight excluding hydrogens is 282 g/mol. The number of carbonyl (C=O) groups is 1. The van der Waals surface area contributed by atoms with E-state index in [2.05, 4.69) is 61.5 Å². The van der Waals surface area contributed by atoms with Gasteiger partial charge in [-0.25, -0.2) is 0 Å². The van der Waals surface area contributed by atoms with Crippen molar-refractivity contribution < 1.29 is 23.7 Å². The fourth-order valence-electron chi connectivity index (χ4n) is 3.04. The fraction of sp³-hybridized carbons (Fsp3) is 0.632. The summed E-state index contributed by atoms with van der Waals surface area (Å²) in [5.74, 6) is 0.586. The molecule has 0 aliphatic rings. The second-order valence-electron chi connectivity index (χ2n) is 7.65. The fourth-order valence-corrected chi connectivity index (χ4v) is 4.15. The Morgan fingerprint density at radius 2 is 1.64 bits per heavy atom. The third kappa shape index (κ3) is 6.20. The number of carbonyl (C=O) groups excluding carboxylic acids is 1. The zero-order valence-corrected chi connectivity index (χ0v) is 16.8. The minimum atomic E-state index is 0. The van der Waals surface area contributed by atoms with E-state index in [0.717, 1.165) is 37.9 Å². The SMILES string of the molecule is Cc1cc(C)c(C(=O)[P-]CC(C)CC(C)(C)C)c(C)c1C.[Li+]. The molecule has 1 aromatic rings. The summed E-state index contributed by atoms with van der Waals surface area (Å²) in [5.41, 5.74) is 6.38. The summed E-state index contributed by atoms with van der Waals surface area (Å²) in [5, 5.41) is 0. The van der Waals surface area contributed by atoms with E-state index in [1.54, 1.807) is 0 Å². The van der Waals surface area contributed by atoms with Crippen molar-refractivity contribution in [2.75, 3.05) is 6.16 Å². The van der Waals surface area contributed by atoms with Crippen LogP contribution in [0.25, 0.3) is 0 Å². The van der Waals surface area contributed by atoms with Gasteiger partial charge >= 0.3 is 18.9 Å². The zero-order chi connectivity index (χ0) is 16.4. The van der Waals surface area contributed by atoms with Gasteiger partial charge in [-0.3, -0.25) is 0 Å². The third-order valence-corrected chi connectivity index (χ3v) is 5.39. The largest absolute Gasteiger partial charge is 1.00 e. The minimum absolute atomic E-state index is 0. The van der Waals surface area contributed by atoms with Crippen molar-refractivity contribution in [2.45, 2.75) is 61.8 Å². The van der Waals surface area contributed by atoms with Gasteiger partial charge < -0.3 is 13.4 Å². The van der Waals surface area contributed by atoms with Gasteiger partial charge in [0.05, 0.1) is 0 Å². The van der Waals surface area contributed by atoms with Crippen molar-refractivity contribution in [3.63, 3.8) is 0 Å². The van der Waals surface area contributed by atoms with E-state index in [1.807, 2.05) is 0 Å². The van der Waals surface area contributed by atoms with Gasteiger partial charge in [0.2, 0.25) is 0 Å². The van der Waals surface area contributed by atoms with Gasteiger partial charge in [-0.1, -0.05) is 39.7 Å². The maximum atomic E-state index is 12.6. The van der Waals surface area contributed by atoms with Crippen LogP contribution in [0.5, 0.6) is 0 Å². The number of aryl methyl sites for hydroxylation is 2. The Bertz CT molecular complexity index is 529. The van der Waals surface area contributed by atoms with Crippen molar-refractivity contribution in [1.29, 1.82) is 0 Å². The summed E-state index contributed by atoms with van der Waals surface area (Å²) in [6.45, 7) is 17.4. The second kappa shape index (κ2) is 8.68. The Kier molecular flexibility index (Phi) is 8.65. The van der Waals surface area contributed by atoms with Crippen molar-refractivity contribution >= 4 is 14.1 Å². The molecule has 0 bridgehead atoms. The van der Waals surface area contributed by atoms with Gasteiger partial charge in [-0.2, -0.15) is 6.16 Å². The molecular formula is C19H30LiOP. The molecule has 1 nitrogen and oxygen atoms in total. The van der Waals surface area contributed by atoms with Crippen LogP contribution in [-0.2, 0) is 0 Å². The Balaban J connectivity index is 0.00000441. The summed E-state index contributed by atoms with van der Waals surface area (Å²) in [6, 6.07) is 2.14. The van der Waals surface area contributed by atoms with Crippen LogP contribution in [0.4, 0.5) is 0 Å². The molecule has 0 aliphatic heterocycles. The Morgan fingerprint density at radius 3 is 2.14 bits per heavy atom. The van der Waals surface area contributed by atoms with Crippen LogP contribution in [-0.4, -0.2) is 11.7 Å². The first kappa shape index (κ1) is 21.9. The first-order chi connectivity index (χ1) is 9.53.